The number of methoxy groups -OCH3 is 2. The van der Waals surface area contributed by atoms with Crippen LogP contribution in [0.25, 0.3) is 0 Å². The number of aromatic hydroxyl groups is 1. The Morgan fingerprint density at radius 3 is 2.75 bits per heavy atom. The zero-order valence-electron chi connectivity index (χ0n) is 17.9. The van der Waals surface area contributed by atoms with Gasteiger partial charge in [-0.05, 0) is 19.4 Å². The first-order chi connectivity index (χ1) is 15.2. The predicted octanol–water partition coefficient (Wildman–Crippen LogP) is 2.53. The SMILES string of the molecule is COCC[C@]1(C)C(=O)c2c(O)c(=O)c(C(=O)NCc3cccc(Cl)c3F)cn2CC1OC. The number of carbonyl (C=O) groups is 2. The summed E-state index contributed by atoms with van der Waals surface area (Å²) >= 11 is 5.74. The Kier molecular flexibility index (Phi) is 7.02. The van der Waals surface area contributed by atoms with Crippen LogP contribution < -0.4 is 10.7 Å². The van der Waals surface area contributed by atoms with Gasteiger partial charge in [0.05, 0.1) is 23.1 Å². The Hall–Kier alpha value is -2.75. The maximum absolute atomic E-state index is 14.1. The summed E-state index contributed by atoms with van der Waals surface area (Å²) in [6.45, 7) is 1.89. The second-order valence-electron chi connectivity index (χ2n) is 7.83. The van der Waals surface area contributed by atoms with Gasteiger partial charge in [0, 0.05) is 39.1 Å². The molecule has 2 aromatic rings. The van der Waals surface area contributed by atoms with Crippen molar-refractivity contribution in [3.63, 3.8) is 0 Å². The minimum atomic E-state index is -1.03. The summed E-state index contributed by atoms with van der Waals surface area (Å²) in [5.41, 5.74) is -2.44. The quantitative estimate of drug-likeness (QED) is 0.649. The van der Waals surface area contributed by atoms with Gasteiger partial charge in [-0.25, -0.2) is 4.39 Å². The Morgan fingerprint density at radius 2 is 2.09 bits per heavy atom. The summed E-state index contributed by atoms with van der Waals surface area (Å²) in [5, 5.41) is 12.9. The lowest BCUT2D eigenvalue weighted by Gasteiger charge is -2.40. The summed E-state index contributed by atoms with van der Waals surface area (Å²) < 4.78 is 26.0. The Bertz CT molecular complexity index is 1120. The first-order valence-corrected chi connectivity index (χ1v) is 10.3. The highest BCUT2D eigenvalue weighted by Gasteiger charge is 2.48. The number of benzene rings is 1. The highest BCUT2D eigenvalue weighted by molar-refractivity contribution is 6.30. The molecule has 0 saturated carbocycles. The van der Waals surface area contributed by atoms with E-state index >= 15 is 0 Å². The molecule has 1 aromatic carbocycles. The van der Waals surface area contributed by atoms with Gasteiger partial charge in [-0.15, -0.1) is 0 Å². The number of Topliss-reactive ketones (excluding diaryl/α,β-unsaturated/α-hetero) is 1. The zero-order chi connectivity index (χ0) is 23.6. The van der Waals surface area contributed by atoms with E-state index < -0.39 is 40.2 Å². The lowest BCUT2D eigenvalue weighted by Crippen LogP contribution is -2.50. The topological polar surface area (TPSA) is 107 Å². The molecule has 1 amide bonds. The molecular weight excluding hydrogens is 443 g/mol. The largest absolute Gasteiger partial charge is 0.503 e. The van der Waals surface area contributed by atoms with Crippen molar-refractivity contribution in [1.29, 1.82) is 0 Å². The lowest BCUT2D eigenvalue weighted by atomic mass is 9.73. The van der Waals surface area contributed by atoms with Crippen LogP contribution in [0.4, 0.5) is 4.39 Å². The van der Waals surface area contributed by atoms with Gasteiger partial charge in [-0.1, -0.05) is 23.7 Å². The van der Waals surface area contributed by atoms with Crippen LogP contribution in [0.1, 0.15) is 39.8 Å². The van der Waals surface area contributed by atoms with Crippen molar-refractivity contribution in [3.8, 4) is 5.75 Å². The number of hydrogen-bond donors (Lipinski definition) is 2. The minimum Gasteiger partial charge on any atom is -0.503 e. The van der Waals surface area contributed by atoms with Gasteiger partial charge in [0.1, 0.15) is 17.1 Å². The smallest absolute Gasteiger partial charge is 0.257 e. The highest BCUT2D eigenvalue weighted by Crippen LogP contribution is 2.39. The molecule has 0 aliphatic carbocycles. The van der Waals surface area contributed by atoms with Crippen LogP contribution in [0.3, 0.4) is 0 Å². The van der Waals surface area contributed by atoms with Crippen LogP contribution in [0, 0.1) is 11.2 Å². The molecule has 1 aliphatic rings. The fourth-order valence-electron chi connectivity index (χ4n) is 3.87. The maximum atomic E-state index is 14.1. The number of carbonyl (C=O) groups excluding carboxylic acids is 2. The van der Waals surface area contributed by atoms with Crippen molar-refractivity contribution < 1.29 is 28.6 Å². The molecule has 8 nitrogen and oxygen atoms in total. The molecule has 0 fully saturated rings. The number of nitrogens with zero attached hydrogens (tertiary/aromatic N) is 1. The highest BCUT2D eigenvalue weighted by atomic mass is 35.5. The lowest BCUT2D eigenvalue weighted by molar-refractivity contribution is -0.0262. The Balaban J connectivity index is 1.94. The first-order valence-electron chi connectivity index (χ1n) is 9.89. The van der Waals surface area contributed by atoms with E-state index in [2.05, 4.69) is 5.32 Å². The summed E-state index contributed by atoms with van der Waals surface area (Å²) in [6, 6.07) is 4.35. The first kappa shape index (κ1) is 23.9. The number of halogens is 2. The molecule has 0 bridgehead atoms. The van der Waals surface area contributed by atoms with Crippen molar-refractivity contribution in [2.45, 2.75) is 32.5 Å². The van der Waals surface area contributed by atoms with E-state index in [-0.39, 0.29) is 41.5 Å². The molecule has 2 N–H and O–H groups in total. The normalized spacial score (nSPS) is 20.2. The van der Waals surface area contributed by atoms with Crippen LogP contribution in [0.2, 0.25) is 5.02 Å². The van der Waals surface area contributed by atoms with Crippen molar-refractivity contribution in [2.24, 2.45) is 5.41 Å². The average molecular weight is 467 g/mol. The van der Waals surface area contributed by atoms with E-state index in [0.29, 0.717) is 6.42 Å². The van der Waals surface area contributed by atoms with E-state index in [9.17, 15) is 23.9 Å². The molecule has 3 rings (SSSR count). The van der Waals surface area contributed by atoms with Crippen molar-refractivity contribution in [3.05, 3.63) is 62.3 Å². The number of ether oxygens (including phenoxy) is 2. The summed E-state index contributed by atoms with van der Waals surface area (Å²) in [4.78, 5) is 38.6. The van der Waals surface area contributed by atoms with Crippen LogP contribution in [-0.2, 0) is 22.6 Å². The van der Waals surface area contributed by atoms with Crippen molar-refractivity contribution >= 4 is 23.3 Å². The van der Waals surface area contributed by atoms with Crippen molar-refractivity contribution in [1.82, 2.24) is 9.88 Å². The second-order valence-corrected chi connectivity index (χ2v) is 8.24. The van der Waals surface area contributed by atoms with Gasteiger partial charge in [0.15, 0.2) is 11.5 Å². The van der Waals surface area contributed by atoms with Gasteiger partial charge in [-0.2, -0.15) is 0 Å². The molecule has 0 saturated heterocycles. The van der Waals surface area contributed by atoms with Crippen LogP contribution >= 0.6 is 11.6 Å². The summed E-state index contributed by atoms with van der Waals surface area (Å²) in [6.07, 6.45) is 0.957. The molecule has 10 heteroatoms. The molecule has 0 spiro atoms. The number of fused-ring (bicyclic) bond motifs is 1. The van der Waals surface area contributed by atoms with E-state index in [0.717, 1.165) is 0 Å². The number of ketones is 1. The number of rotatable bonds is 7. The third-order valence-corrected chi connectivity index (χ3v) is 6.18. The fraction of sp³-hybridized carbons (Fsp3) is 0.409. The number of pyridine rings is 1. The monoisotopic (exact) mass is 466 g/mol. The van der Waals surface area contributed by atoms with Crippen LogP contribution in [0.15, 0.2) is 29.2 Å². The summed E-state index contributed by atoms with van der Waals surface area (Å²) in [7, 11) is 2.97. The van der Waals surface area contributed by atoms with E-state index in [1.807, 2.05) is 0 Å². The molecule has 0 radical (unpaired) electrons. The number of aromatic nitrogens is 1. The molecular formula is C22H24ClFN2O6. The van der Waals surface area contributed by atoms with Crippen LogP contribution in [0.5, 0.6) is 5.75 Å². The average Bonchev–Trinajstić information content (AvgIpc) is 2.77. The molecule has 1 aromatic heterocycles. The van der Waals surface area contributed by atoms with Crippen LogP contribution in [-0.4, -0.2) is 48.3 Å². The number of amides is 1. The van der Waals surface area contributed by atoms with Crippen molar-refractivity contribution in [2.75, 3.05) is 20.8 Å². The molecule has 2 atom stereocenters. The van der Waals surface area contributed by atoms with Gasteiger partial charge in [0.25, 0.3) is 5.91 Å². The minimum absolute atomic E-state index is 0.0936. The zero-order valence-corrected chi connectivity index (χ0v) is 18.7. The summed E-state index contributed by atoms with van der Waals surface area (Å²) in [5.74, 6) is -2.79. The molecule has 2 heterocycles. The third-order valence-electron chi connectivity index (χ3n) is 5.89. The predicted molar refractivity (Wildman–Crippen MR) is 115 cm³/mol. The van der Waals surface area contributed by atoms with E-state index in [1.54, 1.807) is 6.92 Å². The Morgan fingerprint density at radius 1 is 1.38 bits per heavy atom. The third kappa shape index (κ3) is 4.15. The number of nitrogens with one attached hydrogen (secondary N) is 1. The molecule has 172 valence electrons. The van der Waals surface area contributed by atoms with Gasteiger partial charge < -0.3 is 24.5 Å². The molecule has 32 heavy (non-hydrogen) atoms. The molecule has 1 unspecified atom stereocenters. The molecule has 1 aliphatic heterocycles. The number of hydrogen-bond acceptors (Lipinski definition) is 6. The van der Waals surface area contributed by atoms with Gasteiger partial charge >= 0.3 is 0 Å². The Labute approximate surface area is 188 Å². The van der Waals surface area contributed by atoms with E-state index in [4.69, 9.17) is 21.1 Å². The van der Waals surface area contributed by atoms with Gasteiger partial charge in [-0.3, -0.25) is 14.4 Å². The second kappa shape index (κ2) is 9.40. The standard InChI is InChI=1S/C22H24ClFN2O6/c1-22(7-8-31-2)15(32-3)11-26-10-13(18(27)19(28)17(26)20(22)29)21(30)25-9-12-5-4-6-14(23)16(12)24/h4-6,10,15,28H,7-9,11H2,1-3H3,(H,25,30)/t15?,22-/m0/s1. The van der Waals surface area contributed by atoms with Gasteiger partial charge in [0.2, 0.25) is 5.43 Å². The van der Waals surface area contributed by atoms with E-state index in [1.165, 1.54) is 43.2 Å². The maximum Gasteiger partial charge on any atom is 0.257 e. The fourth-order valence-corrected chi connectivity index (χ4v) is 4.06.